The van der Waals surface area contributed by atoms with Crippen molar-refractivity contribution in [2.24, 2.45) is 0 Å². The Bertz CT molecular complexity index is 1080. The van der Waals surface area contributed by atoms with Crippen LogP contribution in [0.25, 0.3) is 0 Å². The van der Waals surface area contributed by atoms with Gasteiger partial charge in [0.25, 0.3) is 5.91 Å². The third-order valence-corrected chi connectivity index (χ3v) is 7.00. The Labute approximate surface area is 179 Å². The van der Waals surface area contributed by atoms with E-state index < -0.39 is 0 Å². The average Bonchev–Trinajstić information content (AvgIpc) is 3.47. The van der Waals surface area contributed by atoms with Crippen LogP contribution >= 0.6 is 11.8 Å². The van der Waals surface area contributed by atoms with Crippen molar-refractivity contribution < 1.29 is 14.0 Å². The highest BCUT2D eigenvalue weighted by molar-refractivity contribution is 8.00. The van der Waals surface area contributed by atoms with Crippen molar-refractivity contribution in [1.82, 2.24) is 4.90 Å². The summed E-state index contributed by atoms with van der Waals surface area (Å²) in [6.07, 6.45) is 2.50. The maximum absolute atomic E-state index is 13.2. The largest absolute Gasteiger partial charge is 0.467 e. The molecule has 0 N–H and O–H groups in total. The zero-order valence-corrected chi connectivity index (χ0v) is 17.5. The van der Waals surface area contributed by atoms with E-state index in [0.717, 1.165) is 23.4 Å². The molecule has 1 aromatic heterocycles. The fourth-order valence-corrected chi connectivity index (χ4v) is 5.46. The fraction of sp³-hybridized carbons (Fsp3) is 0.250. The summed E-state index contributed by atoms with van der Waals surface area (Å²) in [7, 11) is 0. The molecule has 1 fully saturated rings. The quantitative estimate of drug-likeness (QED) is 0.619. The molecular weight excluding hydrogens is 396 g/mol. The summed E-state index contributed by atoms with van der Waals surface area (Å²) in [5.41, 5.74) is 3.89. The molecule has 2 atom stereocenters. The van der Waals surface area contributed by atoms with Gasteiger partial charge in [0.05, 0.1) is 18.6 Å². The summed E-state index contributed by atoms with van der Waals surface area (Å²) >= 11 is 1.60. The van der Waals surface area contributed by atoms with Crippen LogP contribution in [0.5, 0.6) is 0 Å². The Morgan fingerprint density at radius 1 is 1.10 bits per heavy atom. The van der Waals surface area contributed by atoms with Gasteiger partial charge in [0, 0.05) is 17.3 Å². The minimum absolute atomic E-state index is 0.0154. The van der Waals surface area contributed by atoms with Crippen molar-refractivity contribution in [2.45, 2.75) is 31.3 Å². The summed E-state index contributed by atoms with van der Waals surface area (Å²) in [5, 5.41) is -0.0711. The molecule has 0 spiro atoms. The number of hydrogen-bond acceptors (Lipinski definition) is 4. The number of carbonyl (C=O) groups excluding carboxylic acids is 2. The normalized spacial score (nSPS) is 20.6. The number of amides is 2. The number of carbonyl (C=O) groups is 2. The molecule has 2 aromatic carbocycles. The molecule has 2 aliphatic heterocycles. The summed E-state index contributed by atoms with van der Waals surface area (Å²) in [5.74, 6) is 1.34. The summed E-state index contributed by atoms with van der Waals surface area (Å²) in [4.78, 5) is 29.3. The van der Waals surface area contributed by atoms with Crippen LogP contribution in [0.15, 0.2) is 71.3 Å². The van der Waals surface area contributed by atoms with Crippen molar-refractivity contribution in [3.05, 3.63) is 89.4 Å². The molecule has 0 radical (unpaired) electrons. The Hall–Kier alpha value is -2.99. The zero-order chi connectivity index (χ0) is 20.7. The molecule has 3 aromatic rings. The number of benzene rings is 2. The summed E-state index contributed by atoms with van der Waals surface area (Å²) in [6, 6.07) is 19.6. The van der Waals surface area contributed by atoms with Crippen LogP contribution < -0.4 is 4.90 Å². The van der Waals surface area contributed by atoms with Gasteiger partial charge in [0.1, 0.15) is 11.1 Å². The topological polar surface area (TPSA) is 53.8 Å². The van der Waals surface area contributed by atoms with Crippen LogP contribution in [-0.4, -0.2) is 28.5 Å². The van der Waals surface area contributed by atoms with Crippen molar-refractivity contribution in [3.63, 3.8) is 0 Å². The highest BCUT2D eigenvalue weighted by Gasteiger charge is 2.34. The molecule has 152 valence electrons. The van der Waals surface area contributed by atoms with Crippen LogP contribution in [0.1, 0.15) is 39.5 Å². The lowest BCUT2D eigenvalue weighted by Gasteiger charge is -2.25. The average molecular weight is 419 g/mol. The fourth-order valence-electron chi connectivity index (χ4n) is 4.28. The molecule has 0 bridgehead atoms. The van der Waals surface area contributed by atoms with Crippen molar-refractivity contribution in [3.8, 4) is 0 Å². The van der Waals surface area contributed by atoms with Gasteiger partial charge >= 0.3 is 0 Å². The molecule has 2 aliphatic rings. The van der Waals surface area contributed by atoms with Gasteiger partial charge in [-0.15, -0.1) is 11.8 Å². The first-order valence-corrected chi connectivity index (χ1v) is 11.1. The van der Waals surface area contributed by atoms with Gasteiger partial charge in [-0.3, -0.25) is 9.59 Å². The molecule has 1 saturated heterocycles. The maximum Gasteiger partial charge on any atom is 0.258 e. The first-order valence-electron chi connectivity index (χ1n) is 10.1. The Balaban J connectivity index is 1.37. The predicted molar refractivity (Wildman–Crippen MR) is 117 cm³/mol. The van der Waals surface area contributed by atoms with E-state index in [-0.39, 0.29) is 23.2 Å². The first-order chi connectivity index (χ1) is 14.6. The van der Waals surface area contributed by atoms with Crippen LogP contribution in [0.4, 0.5) is 5.69 Å². The van der Waals surface area contributed by atoms with Gasteiger partial charge in [0.2, 0.25) is 5.91 Å². The second-order valence-electron chi connectivity index (χ2n) is 7.74. The number of fused-ring (bicyclic) bond motifs is 1. The summed E-state index contributed by atoms with van der Waals surface area (Å²) < 4.78 is 5.42. The molecule has 30 heavy (non-hydrogen) atoms. The third kappa shape index (κ3) is 3.31. The molecule has 0 aliphatic carbocycles. The Morgan fingerprint density at radius 2 is 1.90 bits per heavy atom. The minimum atomic E-state index is -0.0711. The standard InChI is InChI=1S/C24H22N2O3S/c1-16-13-19-5-2-3-7-21(19)26(16)23(28)17-8-10-18(11-9-17)24-25(22(27)15-30-24)14-20-6-4-12-29-20/h2-12,16,24H,13-15H2,1H3. The molecule has 5 nitrogen and oxygen atoms in total. The monoisotopic (exact) mass is 418 g/mol. The van der Waals surface area contributed by atoms with Crippen molar-refractivity contribution >= 4 is 29.3 Å². The highest BCUT2D eigenvalue weighted by atomic mass is 32.2. The van der Waals surface area contributed by atoms with E-state index in [1.807, 2.05) is 64.4 Å². The number of nitrogens with zero attached hydrogens (tertiary/aromatic N) is 2. The maximum atomic E-state index is 13.2. The second-order valence-corrected chi connectivity index (χ2v) is 8.81. The van der Waals surface area contributed by atoms with E-state index in [0.29, 0.717) is 17.9 Å². The zero-order valence-electron chi connectivity index (χ0n) is 16.7. The van der Waals surface area contributed by atoms with E-state index in [1.54, 1.807) is 18.0 Å². The molecule has 0 saturated carbocycles. The van der Waals surface area contributed by atoms with Gasteiger partial charge in [-0.1, -0.05) is 30.3 Å². The Morgan fingerprint density at radius 3 is 2.67 bits per heavy atom. The molecular formula is C24H22N2O3S. The van der Waals surface area contributed by atoms with Crippen LogP contribution in [0, 0.1) is 0 Å². The van der Waals surface area contributed by atoms with E-state index >= 15 is 0 Å². The van der Waals surface area contributed by atoms with Crippen LogP contribution in [0.3, 0.4) is 0 Å². The van der Waals surface area contributed by atoms with Crippen LogP contribution in [-0.2, 0) is 17.8 Å². The number of furan rings is 1. The molecule has 6 heteroatoms. The lowest BCUT2D eigenvalue weighted by molar-refractivity contribution is -0.128. The number of hydrogen-bond donors (Lipinski definition) is 0. The molecule has 5 rings (SSSR count). The smallest absolute Gasteiger partial charge is 0.258 e. The molecule has 2 amide bonds. The number of rotatable bonds is 4. The van der Waals surface area contributed by atoms with Gasteiger partial charge in [0.15, 0.2) is 0 Å². The highest BCUT2D eigenvalue weighted by Crippen LogP contribution is 2.40. The SMILES string of the molecule is CC1Cc2ccccc2N1C(=O)c1ccc(C2SCC(=O)N2Cc2ccco2)cc1. The molecule has 2 unspecified atom stereocenters. The van der Waals surface area contributed by atoms with E-state index in [1.165, 1.54) is 5.56 Å². The lowest BCUT2D eigenvalue weighted by atomic mass is 10.1. The minimum Gasteiger partial charge on any atom is -0.467 e. The van der Waals surface area contributed by atoms with Crippen molar-refractivity contribution in [1.29, 1.82) is 0 Å². The number of thioether (sulfide) groups is 1. The summed E-state index contributed by atoms with van der Waals surface area (Å²) in [6.45, 7) is 2.53. The lowest BCUT2D eigenvalue weighted by Crippen LogP contribution is -2.35. The molecule has 3 heterocycles. The van der Waals surface area contributed by atoms with E-state index in [9.17, 15) is 9.59 Å². The van der Waals surface area contributed by atoms with Gasteiger partial charge in [-0.2, -0.15) is 0 Å². The predicted octanol–water partition coefficient (Wildman–Crippen LogP) is 4.65. The van der Waals surface area contributed by atoms with Gasteiger partial charge < -0.3 is 14.2 Å². The van der Waals surface area contributed by atoms with Crippen molar-refractivity contribution in [2.75, 3.05) is 10.7 Å². The first kappa shape index (κ1) is 19.0. The van der Waals surface area contributed by atoms with Gasteiger partial charge in [-0.25, -0.2) is 0 Å². The Kier molecular flexibility index (Phi) is 4.87. The number of anilines is 1. The van der Waals surface area contributed by atoms with Gasteiger partial charge in [-0.05, 0) is 54.8 Å². The van der Waals surface area contributed by atoms with Crippen LogP contribution in [0.2, 0.25) is 0 Å². The van der Waals surface area contributed by atoms with E-state index in [2.05, 4.69) is 13.0 Å². The van der Waals surface area contributed by atoms with E-state index in [4.69, 9.17) is 4.42 Å². The second kappa shape index (κ2) is 7.69. The number of para-hydroxylation sites is 1. The third-order valence-electron chi connectivity index (χ3n) is 5.74.